The highest BCUT2D eigenvalue weighted by molar-refractivity contribution is 7.98. The molecule has 0 bridgehead atoms. The molecule has 1 aromatic rings. The molecule has 0 aliphatic rings. The van der Waals surface area contributed by atoms with E-state index in [4.69, 9.17) is 5.73 Å². The number of hydrogen-bond acceptors (Lipinski definition) is 3. The van der Waals surface area contributed by atoms with Crippen LogP contribution in [0.4, 0.5) is 0 Å². The van der Waals surface area contributed by atoms with Gasteiger partial charge in [0.2, 0.25) is 0 Å². The zero-order valence-corrected chi connectivity index (χ0v) is 6.81. The van der Waals surface area contributed by atoms with Crippen molar-refractivity contribution in [2.24, 2.45) is 0 Å². The Labute approximate surface area is 69.0 Å². The molecule has 0 aliphatic carbocycles. The average molecular weight is 167 g/mol. The molecule has 3 nitrogen and oxygen atoms in total. The minimum atomic E-state index is -0.678. The Hall–Kier alpha value is -1.03. The molecule has 0 saturated carbocycles. The summed E-state index contributed by atoms with van der Waals surface area (Å²) in [7, 11) is 0. The molecule has 4 heteroatoms. The highest BCUT2D eigenvalue weighted by Gasteiger charge is 2.06. The summed E-state index contributed by atoms with van der Waals surface area (Å²) < 4.78 is 0. The topological polar surface area (TPSA) is 53.8 Å². The fraction of sp³-hybridized carbons (Fsp3) is 0.143. The summed E-state index contributed by atoms with van der Waals surface area (Å²) in [5.41, 5.74) is 7.25. The largest absolute Gasteiger partial charge is 0.272 e. The zero-order chi connectivity index (χ0) is 8.27. The lowest BCUT2D eigenvalue weighted by atomic mass is 10.3. The van der Waals surface area contributed by atoms with E-state index in [0.29, 0.717) is 10.6 Å². The van der Waals surface area contributed by atoms with Crippen LogP contribution in [0.1, 0.15) is 10.4 Å². The molecule has 1 rings (SSSR count). The second kappa shape index (κ2) is 3.39. The van der Waals surface area contributed by atoms with Crippen LogP contribution in [0.2, 0.25) is 0 Å². The van der Waals surface area contributed by atoms with Gasteiger partial charge in [-0.1, -0.05) is 0 Å². The Morgan fingerprint density at radius 3 is 2.91 bits per heavy atom. The van der Waals surface area contributed by atoms with Gasteiger partial charge in [0, 0.05) is 6.20 Å². The molecule has 1 aromatic heterocycles. The number of thioether (sulfide) groups is 1. The van der Waals surface area contributed by atoms with Gasteiger partial charge in [0.25, 0.3) is 5.91 Å². The lowest BCUT2D eigenvalue weighted by molar-refractivity contribution is 0.0988. The van der Waals surface area contributed by atoms with E-state index in [9.17, 15) is 4.79 Å². The van der Waals surface area contributed by atoms with E-state index in [2.05, 4.69) is 4.98 Å². The van der Waals surface area contributed by atoms with Gasteiger partial charge in [-0.25, -0.2) is 4.98 Å². The quantitative estimate of drug-likeness (QED) is 0.622. The fourth-order valence-electron chi connectivity index (χ4n) is 0.726. The van der Waals surface area contributed by atoms with Crippen molar-refractivity contribution < 1.29 is 4.79 Å². The molecule has 1 radical (unpaired) electrons. The zero-order valence-electron chi connectivity index (χ0n) is 6.00. The summed E-state index contributed by atoms with van der Waals surface area (Å²) in [6, 6.07) is 3.26. The van der Waals surface area contributed by atoms with Gasteiger partial charge in [-0.15, -0.1) is 11.8 Å². The maximum absolute atomic E-state index is 10.6. The van der Waals surface area contributed by atoms with Crippen LogP contribution in [0.25, 0.3) is 0 Å². The van der Waals surface area contributed by atoms with Crippen molar-refractivity contribution in [3.63, 3.8) is 0 Å². The van der Waals surface area contributed by atoms with Crippen molar-refractivity contribution in [1.29, 1.82) is 0 Å². The highest BCUT2D eigenvalue weighted by Crippen LogP contribution is 2.15. The van der Waals surface area contributed by atoms with Gasteiger partial charge in [0.1, 0.15) is 5.03 Å². The van der Waals surface area contributed by atoms with E-state index in [1.807, 2.05) is 6.26 Å². The Morgan fingerprint density at radius 2 is 2.45 bits per heavy atom. The normalized spacial score (nSPS) is 9.55. The van der Waals surface area contributed by atoms with Crippen molar-refractivity contribution in [2.75, 3.05) is 6.26 Å². The minimum Gasteiger partial charge on any atom is -0.267 e. The van der Waals surface area contributed by atoms with E-state index in [-0.39, 0.29) is 0 Å². The van der Waals surface area contributed by atoms with Crippen molar-refractivity contribution >= 4 is 17.7 Å². The third-order valence-corrected chi connectivity index (χ3v) is 1.92. The highest BCUT2D eigenvalue weighted by atomic mass is 32.2. The van der Waals surface area contributed by atoms with Crippen molar-refractivity contribution in [2.45, 2.75) is 5.03 Å². The lowest BCUT2D eigenvalue weighted by Gasteiger charge is -1.98. The summed E-state index contributed by atoms with van der Waals surface area (Å²) in [4.78, 5) is 14.6. The molecule has 57 valence electrons. The molecule has 1 N–H and O–H groups in total. The third-order valence-electron chi connectivity index (χ3n) is 1.21. The Balaban J connectivity index is 3.12. The molecule has 0 spiro atoms. The van der Waals surface area contributed by atoms with Crippen molar-refractivity contribution in [3.05, 3.63) is 23.9 Å². The minimum absolute atomic E-state index is 0.375. The number of hydrogen-bond donors (Lipinski definition) is 0. The van der Waals surface area contributed by atoms with E-state index in [0.717, 1.165) is 0 Å². The van der Waals surface area contributed by atoms with Crippen LogP contribution in [0, 0.1) is 0 Å². The lowest BCUT2D eigenvalue weighted by Crippen LogP contribution is -2.01. The number of aromatic nitrogens is 1. The average Bonchev–Trinajstić information content (AvgIpc) is 2.04. The SMILES string of the molecule is CSc1ncccc1C([NH])=O. The molecule has 1 amide bonds. The Kier molecular flexibility index (Phi) is 2.48. The van der Waals surface area contributed by atoms with Gasteiger partial charge in [-0.05, 0) is 18.4 Å². The number of carbonyl (C=O) groups is 1. The van der Waals surface area contributed by atoms with E-state index in [1.54, 1.807) is 18.3 Å². The van der Waals surface area contributed by atoms with E-state index >= 15 is 0 Å². The molecular weight excluding hydrogens is 160 g/mol. The first kappa shape index (κ1) is 8.07. The number of carbonyl (C=O) groups excluding carboxylic acids is 1. The van der Waals surface area contributed by atoms with E-state index < -0.39 is 5.91 Å². The molecule has 0 aliphatic heterocycles. The predicted octanol–water partition coefficient (Wildman–Crippen LogP) is 1.23. The first-order chi connectivity index (χ1) is 5.25. The van der Waals surface area contributed by atoms with Crippen LogP contribution >= 0.6 is 11.8 Å². The third kappa shape index (κ3) is 1.71. The van der Waals surface area contributed by atoms with Crippen LogP contribution < -0.4 is 5.73 Å². The Bertz CT molecular complexity index is 275. The summed E-state index contributed by atoms with van der Waals surface area (Å²) >= 11 is 1.37. The van der Waals surface area contributed by atoms with Crippen LogP contribution in [0.5, 0.6) is 0 Å². The molecule has 0 fully saturated rings. The number of pyridine rings is 1. The van der Waals surface area contributed by atoms with Gasteiger partial charge >= 0.3 is 0 Å². The number of amides is 1. The number of nitrogens with one attached hydrogen (secondary N) is 1. The maximum atomic E-state index is 10.6. The molecule has 1 heterocycles. The van der Waals surface area contributed by atoms with Gasteiger partial charge in [-0.3, -0.25) is 10.5 Å². The summed E-state index contributed by atoms with van der Waals surface area (Å²) in [5.74, 6) is -0.678. The predicted molar refractivity (Wildman–Crippen MR) is 43.4 cm³/mol. The van der Waals surface area contributed by atoms with Crippen LogP contribution in [-0.2, 0) is 0 Å². The number of rotatable bonds is 2. The van der Waals surface area contributed by atoms with Crippen LogP contribution in [0.15, 0.2) is 23.4 Å². The van der Waals surface area contributed by atoms with Crippen LogP contribution in [0.3, 0.4) is 0 Å². The van der Waals surface area contributed by atoms with Gasteiger partial charge in [-0.2, -0.15) is 0 Å². The molecule has 11 heavy (non-hydrogen) atoms. The second-order valence-electron chi connectivity index (χ2n) is 1.89. The van der Waals surface area contributed by atoms with Crippen LogP contribution in [-0.4, -0.2) is 17.1 Å². The van der Waals surface area contributed by atoms with E-state index in [1.165, 1.54) is 11.8 Å². The molecule has 0 aromatic carbocycles. The first-order valence-corrected chi connectivity index (χ1v) is 4.23. The molecule has 0 saturated heterocycles. The van der Waals surface area contributed by atoms with Gasteiger partial charge in [0.05, 0.1) is 5.56 Å². The molecule has 0 unspecified atom stereocenters. The van der Waals surface area contributed by atoms with Crippen molar-refractivity contribution in [1.82, 2.24) is 10.7 Å². The fourth-order valence-corrected chi connectivity index (χ4v) is 1.27. The first-order valence-electron chi connectivity index (χ1n) is 3.00. The smallest absolute Gasteiger partial charge is 0.267 e. The van der Waals surface area contributed by atoms with Crippen molar-refractivity contribution in [3.8, 4) is 0 Å². The standard InChI is InChI=1S/C7H7N2OS/c1-11-7-5(6(8)10)3-2-4-9-7/h2-4,8H,1H3. The second-order valence-corrected chi connectivity index (χ2v) is 2.68. The molecular formula is C7H7N2OS. The summed E-state index contributed by atoms with van der Waals surface area (Å²) in [6.07, 6.45) is 3.44. The van der Waals surface area contributed by atoms with Gasteiger partial charge in [0.15, 0.2) is 0 Å². The summed E-state index contributed by atoms with van der Waals surface area (Å²) in [6.45, 7) is 0. The Morgan fingerprint density at radius 1 is 1.73 bits per heavy atom. The number of nitrogens with zero attached hydrogens (tertiary/aromatic N) is 1. The monoisotopic (exact) mass is 167 g/mol. The molecule has 0 atom stereocenters. The maximum Gasteiger partial charge on any atom is 0.272 e. The summed E-state index contributed by atoms with van der Waals surface area (Å²) in [5, 5.41) is 0.618. The van der Waals surface area contributed by atoms with Gasteiger partial charge < -0.3 is 0 Å².